The third-order valence-electron chi connectivity index (χ3n) is 1.23. The number of hydrogen-bond donors (Lipinski definition) is 1. The van der Waals surface area contributed by atoms with Crippen LogP contribution in [0.1, 0.15) is 5.69 Å². The minimum atomic E-state index is 0.0979. The molecule has 2 nitrogen and oxygen atoms in total. The van der Waals surface area contributed by atoms with Gasteiger partial charge in [-0.05, 0) is 18.2 Å². The molecule has 1 N–H and O–H groups in total. The molecule has 4 heteroatoms. The van der Waals surface area contributed by atoms with Crippen molar-refractivity contribution in [3.63, 3.8) is 0 Å². The van der Waals surface area contributed by atoms with E-state index in [2.05, 4.69) is 4.98 Å². The largest absolute Gasteiger partial charge is 0.506 e. The molecule has 0 atom stereocenters. The number of aromatic nitrogens is 1. The Labute approximate surface area is 80.5 Å². The molecule has 0 fully saturated rings. The van der Waals surface area contributed by atoms with E-state index in [0.29, 0.717) is 16.7 Å². The molecule has 0 aliphatic rings. The lowest BCUT2D eigenvalue weighted by atomic mass is 10.3. The fourth-order valence-electron chi connectivity index (χ4n) is 0.722. The molecule has 1 aromatic rings. The van der Waals surface area contributed by atoms with Gasteiger partial charge in [-0.2, -0.15) is 0 Å². The van der Waals surface area contributed by atoms with E-state index in [1.54, 1.807) is 12.2 Å². The number of hydrogen-bond acceptors (Lipinski definition) is 2. The molecule has 0 aliphatic heterocycles. The van der Waals surface area contributed by atoms with Gasteiger partial charge in [0.2, 0.25) is 0 Å². The van der Waals surface area contributed by atoms with Crippen LogP contribution in [0.15, 0.2) is 18.2 Å². The van der Waals surface area contributed by atoms with Gasteiger partial charge in [0.05, 0.1) is 0 Å². The van der Waals surface area contributed by atoms with E-state index in [9.17, 15) is 5.11 Å². The first kappa shape index (κ1) is 9.36. The highest BCUT2D eigenvalue weighted by atomic mass is 35.5. The van der Waals surface area contributed by atoms with Gasteiger partial charge in [-0.15, -0.1) is 11.6 Å². The number of nitrogens with zero attached hydrogens (tertiary/aromatic N) is 1. The van der Waals surface area contributed by atoms with E-state index in [1.165, 1.54) is 12.1 Å². The molecule has 0 aromatic carbocycles. The molecule has 64 valence electrons. The summed E-state index contributed by atoms with van der Waals surface area (Å²) in [6.45, 7) is 0. The molecule has 0 spiro atoms. The van der Waals surface area contributed by atoms with E-state index in [0.717, 1.165) is 0 Å². The van der Waals surface area contributed by atoms with Crippen LogP contribution in [0.25, 0.3) is 6.08 Å². The maximum absolute atomic E-state index is 9.25. The Morgan fingerprint density at radius 1 is 1.50 bits per heavy atom. The van der Waals surface area contributed by atoms with E-state index < -0.39 is 0 Å². The van der Waals surface area contributed by atoms with E-state index in [4.69, 9.17) is 23.2 Å². The highest BCUT2D eigenvalue weighted by Gasteiger charge is 1.98. The predicted octanol–water partition coefficient (Wildman–Crippen LogP) is 2.69. The molecular formula is C8H7Cl2NO. The number of halogens is 2. The van der Waals surface area contributed by atoms with Crippen LogP contribution in [0.4, 0.5) is 0 Å². The Morgan fingerprint density at radius 2 is 2.25 bits per heavy atom. The fourth-order valence-corrected chi connectivity index (χ4v) is 0.965. The monoisotopic (exact) mass is 203 g/mol. The lowest BCUT2D eigenvalue weighted by Crippen LogP contribution is -1.82. The Bertz CT molecular complexity index is 299. The molecular weight excluding hydrogens is 197 g/mol. The molecule has 0 amide bonds. The minimum absolute atomic E-state index is 0.0979. The smallest absolute Gasteiger partial charge is 0.141 e. The second-order valence-electron chi connectivity index (χ2n) is 2.10. The summed E-state index contributed by atoms with van der Waals surface area (Å²) in [5.74, 6) is 0.481. The number of pyridine rings is 1. The second kappa shape index (κ2) is 4.33. The zero-order chi connectivity index (χ0) is 8.97. The summed E-state index contributed by atoms with van der Waals surface area (Å²) in [6, 6.07) is 3.01. The van der Waals surface area contributed by atoms with Gasteiger partial charge < -0.3 is 5.11 Å². The van der Waals surface area contributed by atoms with Crippen molar-refractivity contribution in [1.29, 1.82) is 0 Å². The predicted molar refractivity (Wildman–Crippen MR) is 50.7 cm³/mol. The summed E-state index contributed by atoms with van der Waals surface area (Å²) in [5.41, 5.74) is 0.433. The van der Waals surface area contributed by atoms with Gasteiger partial charge in [0.1, 0.15) is 16.6 Å². The van der Waals surface area contributed by atoms with Gasteiger partial charge in [-0.25, -0.2) is 4.98 Å². The first-order valence-electron chi connectivity index (χ1n) is 3.32. The summed E-state index contributed by atoms with van der Waals surface area (Å²) < 4.78 is 0. The summed E-state index contributed by atoms with van der Waals surface area (Å²) in [4.78, 5) is 3.88. The van der Waals surface area contributed by atoms with Crippen LogP contribution >= 0.6 is 23.2 Å². The third kappa shape index (κ3) is 2.40. The normalized spacial score (nSPS) is 10.8. The molecule has 0 aliphatic carbocycles. The van der Waals surface area contributed by atoms with Crippen LogP contribution in [-0.4, -0.2) is 16.0 Å². The zero-order valence-corrected chi connectivity index (χ0v) is 7.68. The number of aromatic hydroxyl groups is 1. The summed E-state index contributed by atoms with van der Waals surface area (Å²) in [5, 5.41) is 9.60. The Kier molecular flexibility index (Phi) is 3.38. The van der Waals surface area contributed by atoms with Crippen molar-refractivity contribution < 1.29 is 5.11 Å². The first-order valence-corrected chi connectivity index (χ1v) is 4.23. The van der Waals surface area contributed by atoms with Crippen molar-refractivity contribution in [2.45, 2.75) is 0 Å². The van der Waals surface area contributed by atoms with Gasteiger partial charge in [-0.3, -0.25) is 0 Å². The minimum Gasteiger partial charge on any atom is -0.506 e. The van der Waals surface area contributed by atoms with Gasteiger partial charge in [-0.1, -0.05) is 17.7 Å². The summed E-state index contributed by atoms with van der Waals surface area (Å²) >= 11 is 11.0. The van der Waals surface area contributed by atoms with Crippen molar-refractivity contribution in [1.82, 2.24) is 4.98 Å². The van der Waals surface area contributed by atoms with Crippen LogP contribution < -0.4 is 0 Å². The fraction of sp³-hybridized carbons (Fsp3) is 0.125. The van der Waals surface area contributed by atoms with Crippen LogP contribution in [0.5, 0.6) is 5.75 Å². The summed E-state index contributed by atoms with van der Waals surface area (Å²) in [6.07, 6.45) is 3.30. The topological polar surface area (TPSA) is 33.1 Å². The molecule has 12 heavy (non-hydrogen) atoms. The molecule has 0 unspecified atom stereocenters. The third-order valence-corrected chi connectivity index (χ3v) is 1.62. The summed E-state index contributed by atoms with van der Waals surface area (Å²) in [7, 11) is 0. The number of alkyl halides is 1. The quantitative estimate of drug-likeness (QED) is 0.593. The van der Waals surface area contributed by atoms with Crippen LogP contribution in [-0.2, 0) is 0 Å². The van der Waals surface area contributed by atoms with Gasteiger partial charge in [0.25, 0.3) is 0 Å². The molecule has 1 aromatic heterocycles. The van der Waals surface area contributed by atoms with Gasteiger partial charge in [0, 0.05) is 5.88 Å². The molecule has 0 saturated carbocycles. The van der Waals surface area contributed by atoms with Crippen molar-refractivity contribution in [3.05, 3.63) is 29.1 Å². The van der Waals surface area contributed by atoms with Crippen LogP contribution in [0.3, 0.4) is 0 Å². The maximum Gasteiger partial charge on any atom is 0.141 e. The Hall–Kier alpha value is -0.730. The van der Waals surface area contributed by atoms with Crippen molar-refractivity contribution in [2.75, 3.05) is 5.88 Å². The van der Waals surface area contributed by atoms with Crippen LogP contribution in [0, 0.1) is 0 Å². The van der Waals surface area contributed by atoms with Crippen molar-refractivity contribution in [3.8, 4) is 5.75 Å². The van der Waals surface area contributed by atoms with E-state index in [-0.39, 0.29) is 5.75 Å². The highest BCUT2D eigenvalue weighted by Crippen LogP contribution is 2.18. The molecule has 0 radical (unpaired) electrons. The van der Waals surface area contributed by atoms with E-state index in [1.807, 2.05) is 0 Å². The molecule has 0 saturated heterocycles. The lowest BCUT2D eigenvalue weighted by Gasteiger charge is -1.97. The Morgan fingerprint density at radius 3 is 2.92 bits per heavy atom. The van der Waals surface area contributed by atoms with Gasteiger partial charge in [0.15, 0.2) is 0 Å². The maximum atomic E-state index is 9.25. The lowest BCUT2D eigenvalue weighted by molar-refractivity contribution is 0.471. The average molecular weight is 204 g/mol. The van der Waals surface area contributed by atoms with Crippen molar-refractivity contribution >= 4 is 29.3 Å². The van der Waals surface area contributed by atoms with Gasteiger partial charge >= 0.3 is 0 Å². The average Bonchev–Trinajstić information content (AvgIpc) is 2.07. The standard InChI is InChI=1S/C8H7Cl2NO/c9-5-1-2-6-7(12)3-4-8(10)11-6/h1-4,12H,5H2. The SMILES string of the molecule is Oc1ccc(Cl)nc1C=CCCl. The zero-order valence-electron chi connectivity index (χ0n) is 6.17. The number of allylic oxidation sites excluding steroid dienone is 1. The van der Waals surface area contributed by atoms with E-state index >= 15 is 0 Å². The molecule has 1 heterocycles. The molecule has 0 bridgehead atoms. The highest BCUT2D eigenvalue weighted by molar-refractivity contribution is 6.29. The first-order chi connectivity index (χ1) is 5.74. The van der Waals surface area contributed by atoms with Crippen molar-refractivity contribution in [2.24, 2.45) is 0 Å². The Balaban J connectivity index is 2.97. The number of rotatable bonds is 2. The molecule has 1 rings (SSSR count). The second-order valence-corrected chi connectivity index (χ2v) is 2.79. The van der Waals surface area contributed by atoms with Crippen LogP contribution in [0.2, 0.25) is 5.15 Å².